The third kappa shape index (κ3) is 5.00. The molecule has 7 rings (SSSR count). The van der Waals surface area contributed by atoms with Crippen LogP contribution in [-0.2, 0) is 0 Å². The molecule has 5 heterocycles. The van der Waals surface area contributed by atoms with Crippen molar-refractivity contribution in [3.05, 3.63) is 134 Å². The van der Waals surface area contributed by atoms with E-state index < -0.39 is 0 Å². The molecule has 0 spiro atoms. The lowest BCUT2D eigenvalue weighted by Crippen LogP contribution is -2.34. The average Bonchev–Trinajstić information content (AvgIpc) is 3.05. The molecular formula is C34H26N8+2. The van der Waals surface area contributed by atoms with Gasteiger partial charge in [0.25, 0.3) is 0 Å². The van der Waals surface area contributed by atoms with E-state index in [9.17, 15) is 0 Å². The summed E-state index contributed by atoms with van der Waals surface area (Å²) in [5.74, 6) is 1.11. The van der Waals surface area contributed by atoms with E-state index in [4.69, 9.17) is 9.98 Å². The van der Waals surface area contributed by atoms with Crippen LogP contribution in [0.2, 0.25) is 0 Å². The molecule has 0 saturated carbocycles. The molecule has 0 saturated heterocycles. The van der Waals surface area contributed by atoms with E-state index in [-0.39, 0.29) is 0 Å². The molecule has 42 heavy (non-hydrogen) atoms. The van der Waals surface area contributed by atoms with Gasteiger partial charge in [-0.15, -0.1) is 0 Å². The van der Waals surface area contributed by atoms with Gasteiger partial charge in [0, 0.05) is 47.4 Å². The predicted molar refractivity (Wildman–Crippen MR) is 169 cm³/mol. The topological polar surface area (TPSA) is 82.3 Å². The van der Waals surface area contributed by atoms with Crippen LogP contribution in [-0.4, -0.2) is 22.4 Å². The van der Waals surface area contributed by atoms with Crippen LogP contribution in [0.4, 0.5) is 23.0 Å². The molecule has 1 aliphatic rings. The van der Waals surface area contributed by atoms with Crippen molar-refractivity contribution in [2.45, 2.75) is 0 Å². The first kappa shape index (κ1) is 25.0. The summed E-state index contributed by atoms with van der Waals surface area (Å²) in [7, 11) is 0. The van der Waals surface area contributed by atoms with Crippen molar-refractivity contribution >= 4 is 68.6 Å². The fourth-order valence-corrected chi connectivity index (χ4v) is 4.89. The van der Waals surface area contributed by atoms with Crippen molar-refractivity contribution in [3.63, 3.8) is 0 Å². The molecule has 0 aliphatic carbocycles. The summed E-state index contributed by atoms with van der Waals surface area (Å²) < 4.78 is 4.17. The number of allylic oxidation sites excluding steroid dienone is 2. The summed E-state index contributed by atoms with van der Waals surface area (Å²) in [6, 6.07) is 32.4. The highest BCUT2D eigenvalue weighted by Gasteiger charge is 2.17. The highest BCUT2D eigenvalue weighted by molar-refractivity contribution is 6.02. The number of hydrogen-bond donors (Lipinski definition) is 2. The van der Waals surface area contributed by atoms with Crippen LogP contribution < -0.4 is 19.8 Å². The van der Waals surface area contributed by atoms with Crippen molar-refractivity contribution in [1.82, 2.24) is 9.97 Å². The molecule has 0 radical (unpaired) electrons. The fourth-order valence-electron chi connectivity index (χ4n) is 4.89. The molecular weight excluding hydrogens is 520 g/mol. The van der Waals surface area contributed by atoms with Crippen LogP contribution in [0.15, 0.2) is 144 Å². The molecule has 0 atom stereocenters. The average molecular weight is 547 g/mol. The lowest BCUT2D eigenvalue weighted by Gasteiger charge is -2.08. The molecule has 2 aromatic carbocycles. The maximum atomic E-state index is 4.83. The molecule has 0 bridgehead atoms. The van der Waals surface area contributed by atoms with Crippen LogP contribution in [0.3, 0.4) is 0 Å². The second-order valence-electron chi connectivity index (χ2n) is 9.57. The molecule has 8 heteroatoms. The normalized spacial score (nSPS) is 17.2. The minimum Gasteiger partial charge on any atom is -0.353 e. The Morgan fingerprint density at radius 3 is 1.43 bits per heavy atom. The van der Waals surface area contributed by atoms with Gasteiger partial charge in [-0.25, -0.2) is 20.0 Å². The smallest absolute Gasteiger partial charge is 0.245 e. The van der Waals surface area contributed by atoms with Gasteiger partial charge >= 0.3 is 0 Å². The maximum absolute atomic E-state index is 4.83. The Morgan fingerprint density at radius 1 is 0.476 bits per heavy atom. The number of aliphatic imine (C=N–C) groups is 2. The Balaban J connectivity index is 1.39. The molecule has 1 aliphatic heterocycles. The number of pyridine rings is 4. The van der Waals surface area contributed by atoms with E-state index in [1.54, 1.807) is 12.4 Å². The zero-order valence-corrected chi connectivity index (χ0v) is 22.5. The Bertz CT molecular complexity index is 1900. The fraction of sp³-hybridized carbons (Fsp3) is 0. The number of hydrogen-bond acceptors (Lipinski definition) is 6. The van der Waals surface area contributed by atoms with Crippen molar-refractivity contribution in [3.8, 4) is 0 Å². The second kappa shape index (κ2) is 11.2. The minimum atomic E-state index is 0.554. The van der Waals surface area contributed by atoms with E-state index in [0.29, 0.717) is 11.6 Å². The third-order valence-corrected chi connectivity index (χ3v) is 6.93. The van der Waals surface area contributed by atoms with Crippen LogP contribution >= 0.6 is 0 Å². The number of fused-ring (bicyclic) bond motifs is 4. The molecule has 0 fully saturated rings. The number of nitrogens with one attached hydrogen (secondary N) is 2. The van der Waals surface area contributed by atoms with Crippen molar-refractivity contribution < 1.29 is 9.13 Å². The zero-order chi connectivity index (χ0) is 28.1. The molecule has 6 aromatic rings. The summed E-state index contributed by atoms with van der Waals surface area (Å²) >= 11 is 0. The molecule has 4 aromatic heterocycles. The first-order valence-corrected chi connectivity index (χ1v) is 13.5. The first-order valence-electron chi connectivity index (χ1n) is 13.5. The SMILES string of the molecule is C1=N/c2ncccc2N/C=C([n+]2cccc3ccccc32)\C=N\c2ncccc2N\C=C/1[n+]1cccc2ccccc21. The third-order valence-electron chi connectivity index (χ3n) is 6.93. The Hall–Kier alpha value is -6.02. The van der Waals surface area contributed by atoms with Gasteiger partial charge in [-0.1, -0.05) is 24.3 Å². The monoisotopic (exact) mass is 546 g/mol. The zero-order valence-electron chi connectivity index (χ0n) is 22.5. The highest BCUT2D eigenvalue weighted by atomic mass is 15.1. The highest BCUT2D eigenvalue weighted by Crippen LogP contribution is 2.24. The van der Waals surface area contributed by atoms with E-state index in [0.717, 1.165) is 44.6 Å². The van der Waals surface area contributed by atoms with Crippen LogP contribution in [0, 0.1) is 0 Å². The van der Waals surface area contributed by atoms with Crippen LogP contribution in [0.5, 0.6) is 0 Å². The standard InChI is InChI=1S/C34H26N8/c1-3-15-31-25(9-1)11-7-19-41(31)27-21-37-29-13-5-18-36-34(29)40-24-28(22-38-30-14-6-17-35-33(30)39-23-27)42-20-8-12-26-10-2-4-16-32(26)42/h1-24,37-38H/q+2/b27-21+,28-22+,39-23+,40-24+. The molecule has 0 unspecified atom stereocenters. The van der Waals surface area contributed by atoms with E-state index >= 15 is 0 Å². The Kier molecular flexibility index (Phi) is 6.68. The number of benzene rings is 2. The Morgan fingerprint density at radius 2 is 0.929 bits per heavy atom. The van der Waals surface area contributed by atoms with Gasteiger partial charge in [-0.2, -0.15) is 9.13 Å². The van der Waals surface area contributed by atoms with Gasteiger partial charge in [0.2, 0.25) is 22.4 Å². The summed E-state index contributed by atoms with van der Waals surface area (Å²) in [4.78, 5) is 18.8. The number of rotatable bonds is 2. The van der Waals surface area contributed by atoms with Gasteiger partial charge in [0.1, 0.15) is 12.4 Å². The molecule has 200 valence electrons. The van der Waals surface area contributed by atoms with Gasteiger partial charge in [0.05, 0.1) is 23.8 Å². The van der Waals surface area contributed by atoms with Crippen molar-refractivity contribution in [1.29, 1.82) is 0 Å². The summed E-state index contributed by atoms with van der Waals surface area (Å²) in [5.41, 5.74) is 5.22. The molecule has 2 N–H and O–H groups in total. The quantitative estimate of drug-likeness (QED) is 0.250. The van der Waals surface area contributed by atoms with Gasteiger partial charge < -0.3 is 10.6 Å². The second-order valence-corrected chi connectivity index (χ2v) is 9.57. The van der Waals surface area contributed by atoms with E-state index in [2.05, 4.69) is 66.1 Å². The number of aromatic nitrogens is 4. The Labute approximate surface area is 242 Å². The van der Waals surface area contributed by atoms with Crippen LogP contribution in [0.1, 0.15) is 0 Å². The number of nitrogens with zero attached hydrogens (tertiary/aromatic N) is 6. The number of para-hydroxylation sites is 2. The van der Waals surface area contributed by atoms with E-state index in [1.165, 1.54) is 0 Å². The summed E-state index contributed by atoms with van der Waals surface area (Å²) in [6.45, 7) is 0. The van der Waals surface area contributed by atoms with Crippen molar-refractivity contribution in [2.24, 2.45) is 9.98 Å². The lowest BCUT2D eigenvalue weighted by molar-refractivity contribution is -0.546. The van der Waals surface area contributed by atoms with Crippen molar-refractivity contribution in [2.75, 3.05) is 10.6 Å². The molecule has 8 nitrogen and oxygen atoms in total. The minimum absolute atomic E-state index is 0.554. The largest absolute Gasteiger partial charge is 0.353 e. The van der Waals surface area contributed by atoms with Gasteiger partial charge in [-0.05, 0) is 48.5 Å². The molecule has 0 amide bonds. The predicted octanol–water partition coefficient (Wildman–Crippen LogP) is 6.30. The van der Waals surface area contributed by atoms with Gasteiger partial charge in [-0.3, -0.25) is 0 Å². The van der Waals surface area contributed by atoms with Crippen LogP contribution in [0.25, 0.3) is 33.2 Å². The lowest BCUT2D eigenvalue weighted by atomic mass is 10.2. The number of anilines is 2. The van der Waals surface area contributed by atoms with Gasteiger partial charge in [0.15, 0.2) is 24.0 Å². The maximum Gasteiger partial charge on any atom is 0.245 e. The summed E-state index contributed by atoms with van der Waals surface area (Å²) in [5, 5.41) is 9.08. The van der Waals surface area contributed by atoms with E-state index in [1.807, 2.05) is 97.9 Å². The summed E-state index contributed by atoms with van der Waals surface area (Å²) in [6.07, 6.45) is 14.9. The first-order chi connectivity index (χ1) is 20.8.